The second-order valence-electron chi connectivity index (χ2n) is 5.89. The summed E-state index contributed by atoms with van der Waals surface area (Å²) in [5.74, 6) is -0.128. The van der Waals surface area contributed by atoms with Gasteiger partial charge in [-0.2, -0.15) is 0 Å². The van der Waals surface area contributed by atoms with Gasteiger partial charge in [-0.05, 0) is 38.3 Å². The van der Waals surface area contributed by atoms with E-state index >= 15 is 0 Å². The molecule has 0 radical (unpaired) electrons. The molecule has 3 saturated heterocycles. The van der Waals surface area contributed by atoms with Gasteiger partial charge in [-0.1, -0.05) is 5.11 Å². The minimum atomic E-state index is -0.210. The normalized spacial score (nSPS) is 42.9. The Balaban J connectivity index is 1.84. The fourth-order valence-corrected chi connectivity index (χ4v) is 4.08. The Morgan fingerprint density at radius 3 is 2.78 bits per heavy atom. The fourth-order valence-electron chi connectivity index (χ4n) is 4.08. The van der Waals surface area contributed by atoms with Crippen LogP contribution in [0.4, 0.5) is 0 Å². The van der Waals surface area contributed by atoms with Crippen LogP contribution in [0.5, 0.6) is 0 Å². The Kier molecular flexibility index (Phi) is 2.72. The maximum Gasteiger partial charge on any atom is 0.306 e. The summed E-state index contributed by atoms with van der Waals surface area (Å²) in [6, 6.07) is 1.12. The molecule has 18 heavy (non-hydrogen) atoms. The van der Waals surface area contributed by atoms with Crippen LogP contribution in [0.2, 0.25) is 0 Å². The van der Waals surface area contributed by atoms with Gasteiger partial charge in [0.25, 0.3) is 0 Å². The zero-order valence-electron chi connectivity index (χ0n) is 10.6. The van der Waals surface area contributed by atoms with Crippen molar-refractivity contribution >= 4 is 5.97 Å². The average molecular weight is 250 g/mol. The summed E-state index contributed by atoms with van der Waals surface area (Å²) in [5.41, 5.74) is 8.37. The summed E-state index contributed by atoms with van der Waals surface area (Å²) in [4.78, 5) is 16.9. The molecule has 0 saturated carbocycles. The van der Waals surface area contributed by atoms with E-state index in [0.717, 1.165) is 12.8 Å². The Bertz CT molecular complexity index is 404. The average Bonchev–Trinajstić information content (AvgIpc) is 2.72. The highest BCUT2D eigenvalue weighted by Gasteiger charge is 2.55. The van der Waals surface area contributed by atoms with Gasteiger partial charge in [0, 0.05) is 22.4 Å². The minimum Gasteiger partial charge on any atom is -0.462 e. The quantitative estimate of drug-likeness (QED) is 0.325. The topological polar surface area (TPSA) is 78.3 Å². The van der Waals surface area contributed by atoms with E-state index in [1.54, 1.807) is 0 Å². The van der Waals surface area contributed by atoms with Crippen molar-refractivity contribution < 1.29 is 9.53 Å². The third-order valence-electron chi connectivity index (χ3n) is 5.03. The molecule has 3 fully saturated rings. The predicted molar refractivity (Wildman–Crippen MR) is 64.8 cm³/mol. The first-order valence-corrected chi connectivity index (χ1v) is 6.57. The van der Waals surface area contributed by atoms with Crippen molar-refractivity contribution in [1.82, 2.24) is 4.90 Å². The highest BCUT2D eigenvalue weighted by Crippen LogP contribution is 2.52. The van der Waals surface area contributed by atoms with Gasteiger partial charge < -0.3 is 9.64 Å². The van der Waals surface area contributed by atoms with Gasteiger partial charge in [-0.3, -0.25) is 4.79 Å². The van der Waals surface area contributed by atoms with Crippen LogP contribution in [-0.2, 0) is 9.53 Å². The number of ether oxygens (including phenoxy) is 1. The molecule has 6 heteroatoms. The Morgan fingerprint density at radius 1 is 1.50 bits per heavy atom. The number of esters is 1. The van der Waals surface area contributed by atoms with Gasteiger partial charge >= 0.3 is 5.97 Å². The third-order valence-corrected chi connectivity index (χ3v) is 5.03. The minimum absolute atomic E-state index is 0.0797. The molecule has 0 amide bonds. The van der Waals surface area contributed by atoms with Crippen LogP contribution in [-0.4, -0.2) is 42.6 Å². The zero-order valence-corrected chi connectivity index (χ0v) is 10.6. The van der Waals surface area contributed by atoms with Crippen LogP contribution in [0.25, 0.3) is 10.4 Å². The van der Waals surface area contributed by atoms with Crippen molar-refractivity contribution in [2.75, 3.05) is 13.6 Å². The predicted octanol–water partition coefficient (Wildman–Crippen LogP) is 1.86. The van der Waals surface area contributed by atoms with Crippen LogP contribution in [0.15, 0.2) is 5.11 Å². The lowest BCUT2D eigenvalue weighted by molar-refractivity contribution is -0.141. The lowest BCUT2D eigenvalue weighted by Gasteiger charge is -2.44. The van der Waals surface area contributed by atoms with E-state index in [4.69, 9.17) is 10.3 Å². The molecular weight excluding hydrogens is 232 g/mol. The van der Waals surface area contributed by atoms with E-state index in [0.29, 0.717) is 18.5 Å². The number of nitrogens with zero attached hydrogens (tertiary/aromatic N) is 4. The lowest BCUT2D eigenvalue weighted by atomic mass is 9.70. The van der Waals surface area contributed by atoms with E-state index in [2.05, 4.69) is 22.0 Å². The maximum absolute atomic E-state index is 11.6. The summed E-state index contributed by atoms with van der Waals surface area (Å²) in [7, 11) is 2.18. The number of carbonyl (C=O) groups is 1. The molecule has 98 valence electrons. The molecule has 3 atom stereocenters. The molecule has 3 heterocycles. The van der Waals surface area contributed by atoms with Crippen molar-refractivity contribution in [3.8, 4) is 0 Å². The third kappa shape index (κ3) is 1.68. The molecule has 0 aromatic rings. The van der Waals surface area contributed by atoms with Gasteiger partial charge in [0.05, 0.1) is 13.0 Å². The first-order valence-electron chi connectivity index (χ1n) is 6.57. The molecule has 3 rings (SSSR count). The van der Waals surface area contributed by atoms with Crippen LogP contribution in [0.3, 0.4) is 0 Å². The van der Waals surface area contributed by atoms with Crippen LogP contribution >= 0.6 is 0 Å². The monoisotopic (exact) mass is 250 g/mol. The summed E-state index contributed by atoms with van der Waals surface area (Å²) in [6.07, 6.45) is 4.71. The Labute approximate surface area is 106 Å². The SMILES string of the molecule is CN1C2CCC1CC1(CC(=O)OC1CN=[N+]=[N-])C2. The lowest BCUT2D eigenvalue weighted by Crippen LogP contribution is -2.49. The van der Waals surface area contributed by atoms with E-state index in [1.807, 2.05) is 0 Å². The maximum atomic E-state index is 11.6. The number of fused-ring (bicyclic) bond motifs is 2. The van der Waals surface area contributed by atoms with E-state index in [1.165, 1.54) is 12.8 Å². The van der Waals surface area contributed by atoms with Crippen LogP contribution in [0, 0.1) is 5.41 Å². The van der Waals surface area contributed by atoms with Crippen molar-refractivity contribution in [2.24, 2.45) is 10.5 Å². The smallest absolute Gasteiger partial charge is 0.306 e. The van der Waals surface area contributed by atoms with Crippen LogP contribution in [0.1, 0.15) is 32.1 Å². The molecule has 0 aromatic carbocycles. The second-order valence-corrected chi connectivity index (χ2v) is 5.89. The largest absolute Gasteiger partial charge is 0.462 e. The summed E-state index contributed by atoms with van der Waals surface area (Å²) < 4.78 is 5.39. The van der Waals surface area contributed by atoms with E-state index in [-0.39, 0.29) is 24.0 Å². The number of cyclic esters (lactones) is 1. The van der Waals surface area contributed by atoms with Gasteiger partial charge in [0.15, 0.2) is 0 Å². The number of hydrogen-bond acceptors (Lipinski definition) is 4. The Morgan fingerprint density at radius 2 is 2.17 bits per heavy atom. The summed E-state index contributed by atoms with van der Waals surface area (Å²) in [5, 5.41) is 3.62. The van der Waals surface area contributed by atoms with Crippen molar-refractivity contribution in [2.45, 2.75) is 50.3 Å². The molecule has 3 aliphatic rings. The van der Waals surface area contributed by atoms with E-state index in [9.17, 15) is 4.79 Å². The number of hydrogen-bond donors (Lipinski definition) is 0. The first kappa shape index (κ1) is 11.8. The van der Waals surface area contributed by atoms with E-state index < -0.39 is 0 Å². The number of carbonyl (C=O) groups excluding carboxylic acids is 1. The first-order chi connectivity index (χ1) is 8.64. The molecule has 0 aliphatic carbocycles. The molecule has 0 N–H and O–H groups in total. The summed E-state index contributed by atoms with van der Waals surface area (Å²) >= 11 is 0. The Hall–Kier alpha value is -1.26. The molecule has 1 spiro atoms. The van der Waals surface area contributed by atoms with Gasteiger partial charge in [-0.25, -0.2) is 0 Å². The number of rotatable bonds is 2. The van der Waals surface area contributed by atoms with Crippen LogP contribution < -0.4 is 0 Å². The molecule has 0 aromatic heterocycles. The molecule has 6 nitrogen and oxygen atoms in total. The van der Waals surface area contributed by atoms with Crippen molar-refractivity contribution in [3.05, 3.63) is 10.4 Å². The fraction of sp³-hybridized carbons (Fsp3) is 0.917. The highest BCUT2D eigenvalue weighted by molar-refractivity contribution is 5.73. The standard InChI is InChI=1S/C12H18N4O2/c1-16-8-2-3-9(16)5-12(4-8)6-11(17)18-10(12)7-14-15-13/h8-10H,2-7H2,1H3. The van der Waals surface area contributed by atoms with Gasteiger partial charge in [0.1, 0.15) is 6.10 Å². The molecule has 2 bridgehead atoms. The molecule has 3 unspecified atom stereocenters. The van der Waals surface area contributed by atoms with Gasteiger partial charge in [-0.15, -0.1) is 0 Å². The molecular formula is C12H18N4O2. The molecule has 3 aliphatic heterocycles. The number of azide groups is 1. The highest BCUT2D eigenvalue weighted by atomic mass is 16.6. The van der Waals surface area contributed by atoms with Gasteiger partial charge in [0.2, 0.25) is 0 Å². The zero-order chi connectivity index (χ0) is 12.8. The second kappa shape index (κ2) is 4.14. The van der Waals surface area contributed by atoms with Crippen molar-refractivity contribution in [3.63, 3.8) is 0 Å². The van der Waals surface area contributed by atoms with Crippen molar-refractivity contribution in [1.29, 1.82) is 0 Å². The number of piperidine rings is 1. The summed E-state index contributed by atoms with van der Waals surface area (Å²) in [6.45, 7) is 0.283.